The number of hydrogen-bond acceptors (Lipinski definition) is 1. The molecule has 0 rings (SSSR count). The number of halogens is 1. The summed E-state index contributed by atoms with van der Waals surface area (Å²) in [6.45, 7) is 6.31. The average molecular weight is 263 g/mol. The summed E-state index contributed by atoms with van der Waals surface area (Å²) in [5.41, 5.74) is 1.13. The molecule has 0 aromatic heterocycles. The maximum Gasteiger partial charge on any atom is 0.0215 e. The van der Waals surface area contributed by atoms with E-state index >= 15 is 0 Å². The Balaban J connectivity index is 4.53. The van der Waals surface area contributed by atoms with E-state index in [1.165, 1.54) is 6.21 Å². The minimum Gasteiger partial charge on any atom is -0.308 e. The molecule has 0 atom stereocenters. The highest BCUT2D eigenvalue weighted by Crippen LogP contribution is 2.23. The van der Waals surface area contributed by atoms with Crippen LogP contribution < -0.4 is 0 Å². The zero-order chi connectivity index (χ0) is 8.91. The standard InChI is InChI=1S/C9H14IN/c1-9(2,3)8(7-11)5-4-6-10/h4-7,11H,1-3H3/b6-4-,8-5+,11-7?. The van der Waals surface area contributed by atoms with Crippen LogP contribution in [0.25, 0.3) is 0 Å². The molecule has 0 bridgehead atoms. The first-order valence-electron chi connectivity index (χ1n) is 3.50. The Kier molecular flexibility index (Phi) is 4.65. The molecule has 0 aliphatic carbocycles. The van der Waals surface area contributed by atoms with E-state index in [1.54, 1.807) is 0 Å². The summed E-state index contributed by atoms with van der Waals surface area (Å²) in [5.74, 6) is 0. The predicted molar refractivity (Wildman–Crippen MR) is 59.5 cm³/mol. The zero-order valence-electron chi connectivity index (χ0n) is 7.19. The molecule has 62 valence electrons. The Morgan fingerprint density at radius 3 is 2.18 bits per heavy atom. The first kappa shape index (κ1) is 10.9. The van der Waals surface area contributed by atoms with Crippen LogP contribution in [0.15, 0.2) is 21.8 Å². The van der Waals surface area contributed by atoms with Crippen LogP contribution in [-0.4, -0.2) is 6.21 Å². The SMILES string of the molecule is CC(C)(C)/C(C=N)=C/C=C\I. The third-order valence-electron chi connectivity index (χ3n) is 1.37. The molecule has 0 aromatic carbocycles. The molecule has 0 unspecified atom stereocenters. The van der Waals surface area contributed by atoms with Crippen LogP contribution in [0, 0.1) is 10.8 Å². The summed E-state index contributed by atoms with van der Waals surface area (Å²) in [4.78, 5) is 0. The minimum absolute atomic E-state index is 0.0812. The van der Waals surface area contributed by atoms with E-state index in [2.05, 4.69) is 43.4 Å². The molecule has 0 aliphatic rings. The molecule has 0 radical (unpaired) electrons. The highest BCUT2D eigenvalue weighted by atomic mass is 127. The summed E-state index contributed by atoms with van der Waals surface area (Å²) in [7, 11) is 0. The largest absolute Gasteiger partial charge is 0.308 e. The number of hydrogen-bond donors (Lipinski definition) is 1. The van der Waals surface area contributed by atoms with Crippen LogP contribution in [0.3, 0.4) is 0 Å². The van der Waals surface area contributed by atoms with E-state index in [0.717, 1.165) is 5.57 Å². The van der Waals surface area contributed by atoms with E-state index in [0.29, 0.717) is 0 Å². The Morgan fingerprint density at radius 2 is 1.91 bits per heavy atom. The molecule has 0 saturated carbocycles. The second-order valence-electron chi connectivity index (χ2n) is 3.33. The van der Waals surface area contributed by atoms with E-state index in [-0.39, 0.29) is 5.41 Å². The molecule has 11 heavy (non-hydrogen) atoms. The van der Waals surface area contributed by atoms with Gasteiger partial charge in [-0.05, 0) is 15.1 Å². The number of nitrogens with one attached hydrogen (secondary N) is 1. The fourth-order valence-electron chi connectivity index (χ4n) is 0.655. The van der Waals surface area contributed by atoms with Crippen molar-refractivity contribution in [1.29, 1.82) is 5.41 Å². The van der Waals surface area contributed by atoms with Gasteiger partial charge in [0.2, 0.25) is 0 Å². The van der Waals surface area contributed by atoms with Crippen molar-refractivity contribution in [3.63, 3.8) is 0 Å². The molecule has 0 saturated heterocycles. The van der Waals surface area contributed by atoms with Crippen LogP contribution in [0.4, 0.5) is 0 Å². The van der Waals surface area contributed by atoms with Gasteiger partial charge >= 0.3 is 0 Å². The van der Waals surface area contributed by atoms with Crippen LogP contribution in [-0.2, 0) is 0 Å². The molecule has 1 N–H and O–H groups in total. The van der Waals surface area contributed by atoms with Crippen molar-refractivity contribution in [3.8, 4) is 0 Å². The van der Waals surface area contributed by atoms with Crippen molar-refractivity contribution in [1.82, 2.24) is 0 Å². The Hall–Kier alpha value is -0.120. The molecule has 0 fully saturated rings. The Labute approximate surface area is 82.2 Å². The minimum atomic E-state index is 0.0812. The molecule has 0 heterocycles. The zero-order valence-corrected chi connectivity index (χ0v) is 9.34. The summed E-state index contributed by atoms with van der Waals surface area (Å²) in [6.07, 6.45) is 5.34. The van der Waals surface area contributed by atoms with Crippen molar-refractivity contribution in [2.75, 3.05) is 0 Å². The van der Waals surface area contributed by atoms with Gasteiger partial charge in [-0.15, -0.1) is 0 Å². The van der Waals surface area contributed by atoms with Gasteiger partial charge in [0.05, 0.1) is 0 Å². The van der Waals surface area contributed by atoms with Crippen LogP contribution in [0.2, 0.25) is 0 Å². The van der Waals surface area contributed by atoms with Gasteiger partial charge in [-0.1, -0.05) is 55.5 Å². The number of rotatable bonds is 2. The molecular formula is C9H14IN. The first-order valence-corrected chi connectivity index (χ1v) is 4.75. The van der Waals surface area contributed by atoms with E-state index < -0.39 is 0 Å². The lowest BCUT2D eigenvalue weighted by Crippen LogP contribution is -2.09. The predicted octanol–water partition coefficient (Wildman–Crippen LogP) is 3.56. The lowest BCUT2D eigenvalue weighted by atomic mass is 9.87. The fraction of sp³-hybridized carbons (Fsp3) is 0.444. The normalized spacial score (nSPS) is 14.0. The summed E-state index contributed by atoms with van der Waals surface area (Å²) in [5, 5.41) is 7.16. The molecule has 0 spiro atoms. The van der Waals surface area contributed by atoms with Crippen molar-refractivity contribution < 1.29 is 0 Å². The van der Waals surface area contributed by atoms with E-state index in [9.17, 15) is 0 Å². The van der Waals surface area contributed by atoms with Crippen LogP contribution in [0.5, 0.6) is 0 Å². The summed E-state index contributed by atoms with van der Waals surface area (Å²) >= 11 is 2.17. The van der Waals surface area contributed by atoms with Crippen molar-refractivity contribution in [2.24, 2.45) is 5.41 Å². The second kappa shape index (κ2) is 4.70. The lowest BCUT2D eigenvalue weighted by molar-refractivity contribution is 0.526. The van der Waals surface area contributed by atoms with Crippen molar-refractivity contribution in [2.45, 2.75) is 20.8 Å². The van der Waals surface area contributed by atoms with Gasteiger partial charge in [0.1, 0.15) is 0 Å². The molecule has 0 amide bonds. The van der Waals surface area contributed by atoms with Gasteiger partial charge in [0, 0.05) is 6.21 Å². The topological polar surface area (TPSA) is 23.9 Å². The van der Waals surface area contributed by atoms with Gasteiger partial charge in [-0.25, -0.2) is 0 Å². The maximum atomic E-state index is 7.16. The van der Waals surface area contributed by atoms with Crippen LogP contribution >= 0.6 is 22.6 Å². The van der Waals surface area contributed by atoms with Gasteiger partial charge in [-0.3, -0.25) is 0 Å². The van der Waals surface area contributed by atoms with Gasteiger partial charge < -0.3 is 5.41 Å². The number of allylic oxidation sites excluding steroid dienone is 3. The smallest absolute Gasteiger partial charge is 0.0215 e. The van der Waals surface area contributed by atoms with Gasteiger partial charge in [-0.2, -0.15) is 0 Å². The second-order valence-corrected chi connectivity index (χ2v) is 4.05. The van der Waals surface area contributed by atoms with E-state index in [4.69, 9.17) is 5.41 Å². The van der Waals surface area contributed by atoms with E-state index in [1.807, 2.05) is 16.2 Å². The maximum absolute atomic E-state index is 7.16. The Morgan fingerprint density at radius 1 is 1.36 bits per heavy atom. The van der Waals surface area contributed by atoms with Crippen LogP contribution in [0.1, 0.15) is 20.8 Å². The lowest BCUT2D eigenvalue weighted by Gasteiger charge is -2.18. The van der Waals surface area contributed by atoms with Gasteiger partial charge in [0.15, 0.2) is 0 Å². The third-order valence-corrected chi connectivity index (χ3v) is 1.79. The Bertz CT molecular complexity index is 184. The third kappa shape index (κ3) is 4.35. The monoisotopic (exact) mass is 263 g/mol. The molecule has 2 heteroatoms. The van der Waals surface area contributed by atoms with Gasteiger partial charge in [0.25, 0.3) is 0 Å². The molecular weight excluding hydrogens is 249 g/mol. The quantitative estimate of drug-likeness (QED) is 0.447. The van der Waals surface area contributed by atoms with Crippen molar-refractivity contribution >= 4 is 28.8 Å². The van der Waals surface area contributed by atoms with Crippen molar-refractivity contribution in [3.05, 3.63) is 21.8 Å². The summed E-state index contributed by atoms with van der Waals surface area (Å²) < 4.78 is 1.94. The first-order chi connectivity index (χ1) is 5.02. The summed E-state index contributed by atoms with van der Waals surface area (Å²) in [6, 6.07) is 0. The fourth-order valence-corrected chi connectivity index (χ4v) is 0.862. The molecule has 1 nitrogen and oxygen atoms in total. The average Bonchev–Trinajstić information content (AvgIpc) is 1.87. The molecule has 0 aliphatic heterocycles. The molecule has 0 aromatic rings. The highest BCUT2D eigenvalue weighted by Gasteiger charge is 2.13. The highest BCUT2D eigenvalue weighted by molar-refractivity contribution is 14.1.